The predicted molar refractivity (Wildman–Crippen MR) is 131 cm³/mol. The molecule has 4 rings (SSSR count). The molecule has 0 radical (unpaired) electrons. The maximum atomic E-state index is 13.1. The van der Waals surface area contributed by atoms with E-state index >= 15 is 0 Å². The minimum atomic E-state index is -3.74. The van der Waals surface area contributed by atoms with Crippen LogP contribution in [0.1, 0.15) is 12.8 Å². The molecule has 1 atom stereocenters. The summed E-state index contributed by atoms with van der Waals surface area (Å²) in [6, 6.07) is 11.0. The van der Waals surface area contributed by atoms with E-state index < -0.39 is 20.0 Å². The third kappa shape index (κ3) is 5.72. The number of sulfonamides is 2. The van der Waals surface area contributed by atoms with Gasteiger partial charge in [-0.3, -0.25) is 0 Å². The van der Waals surface area contributed by atoms with Gasteiger partial charge in [-0.15, -0.1) is 0 Å². The zero-order chi connectivity index (χ0) is 25.1. The van der Waals surface area contributed by atoms with Gasteiger partial charge in [-0.1, -0.05) is 0 Å². The largest absolute Gasteiger partial charge is 0.497 e. The first kappa shape index (κ1) is 25.7. The summed E-state index contributed by atoms with van der Waals surface area (Å²) in [4.78, 5) is 2.27. The molecule has 192 valence electrons. The highest BCUT2D eigenvalue weighted by Crippen LogP contribution is 2.32. The van der Waals surface area contributed by atoms with Gasteiger partial charge in [0.2, 0.25) is 20.0 Å². The fourth-order valence-electron chi connectivity index (χ4n) is 4.24. The standard InChI is InChI=1S/C23H31N3O7S2/c1-31-18-5-7-20(8-6-18)35(29,30)26-13-11-25(12-14-26)22-16-21(9-10-23(22)32-2)34(27,28)24-17-19-4-3-15-33-19/h5-10,16,19,24H,3-4,11-15,17H2,1-2H3. The van der Waals surface area contributed by atoms with E-state index in [9.17, 15) is 16.8 Å². The van der Waals surface area contributed by atoms with Crippen molar-refractivity contribution in [2.45, 2.75) is 28.7 Å². The fourth-order valence-corrected chi connectivity index (χ4v) is 6.75. The van der Waals surface area contributed by atoms with Crippen LogP contribution in [0.15, 0.2) is 52.3 Å². The summed E-state index contributed by atoms with van der Waals surface area (Å²) in [5.41, 5.74) is 0.606. The third-order valence-electron chi connectivity index (χ3n) is 6.26. The Balaban J connectivity index is 1.47. The molecule has 0 aliphatic carbocycles. The lowest BCUT2D eigenvalue weighted by Gasteiger charge is -2.36. The quantitative estimate of drug-likeness (QED) is 0.526. The van der Waals surface area contributed by atoms with E-state index in [0.717, 1.165) is 12.8 Å². The van der Waals surface area contributed by atoms with Crippen LogP contribution in [0, 0.1) is 0 Å². The number of hydrogen-bond donors (Lipinski definition) is 1. The van der Waals surface area contributed by atoms with Crippen molar-refractivity contribution in [1.29, 1.82) is 0 Å². The highest BCUT2D eigenvalue weighted by molar-refractivity contribution is 7.89. The van der Waals surface area contributed by atoms with Crippen LogP contribution in [0.25, 0.3) is 0 Å². The third-order valence-corrected chi connectivity index (χ3v) is 9.60. The van der Waals surface area contributed by atoms with Crippen LogP contribution in [0.2, 0.25) is 0 Å². The van der Waals surface area contributed by atoms with Gasteiger partial charge in [-0.05, 0) is 55.3 Å². The van der Waals surface area contributed by atoms with Crippen molar-refractivity contribution >= 4 is 25.7 Å². The predicted octanol–water partition coefficient (Wildman–Crippen LogP) is 1.67. The second-order valence-electron chi connectivity index (χ2n) is 8.39. The first-order valence-corrected chi connectivity index (χ1v) is 14.4. The van der Waals surface area contributed by atoms with Gasteiger partial charge in [-0.2, -0.15) is 4.31 Å². The van der Waals surface area contributed by atoms with Crippen LogP contribution in [0.3, 0.4) is 0 Å². The van der Waals surface area contributed by atoms with Crippen LogP contribution >= 0.6 is 0 Å². The first-order valence-electron chi connectivity index (χ1n) is 11.4. The van der Waals surface area contributed by atoms with Crippen LogP contribution in [-0.4, -0.2) is 80.8 Å². The van der Waals surface area contributed by atoms with Crippen molar-refractivity contribution in [3.05, 3.63) is 42.5 Å². The zero-order valence-electron chi connectivity index (χ0n) is 19.8. The lowest BCUT2D eigenvalue weighted by atomic mass is 10.2. The van der Waals surface area contributed by atoms with Gasteiger partial charge < -0.3 is 19.1 Å². The molecule has 1 N–H and O–H groups in total. The number of piperazine rings is 1. The Morgan fingerprint density at radius 2 is 1.63 bits per heavy atom. The van der Waals surface area contributed by atoms with E-state index in [4.69, 9.17) is 14.2 Å². The minimum Gasteiger partial charge on any atom is -0.497 e. The second kappa shape index (κ2) is 10.7. The molecule has 0 aromatic heterocycles. The molecule has 2 fully saturated rings. The Morgan fingerprint density at radius 1 is 0.943 bits per heavy atom. The summed E-state index contributed by atoms with van der Waals surface area (Å²) in [6.45, 7) is 2.17. The molecule has 0 saturated carbocycles. The number of anilines is 1. The zero-order valence-corrected chi connectivity index (χ0v) is 21.5. The fraction of sp³-hybridized carbons (Fsp3) is 0.478. The second-order valence-corrected chi connectivity index (χ2v) is 12.1. The summed E-state index contributed by atoms with van der Waals surface area (Å²) in [6.07, 6.45) is 1.66. The molecule has 2 heterocycles. The van der Waals surface area contributed by atoms with Crippen LogP contribution in [-0.2, 0) is 24.8 Å². The maximum absolute atomic E-state index is 13.1. The molecule has 0 amide bonds. The normalized spacial score (nSPS) is 19.6. The van der Waals surface area contributed by atoms with Gasteiger partial charge in [0.15, 0.2) is 0 Å². The Bertz CT molecular complexity index is 1220. The SMILES string of the molecule is COc1ccc(S(=O)(=O)N2CCN(c3cc(S(=O)(=O)NCC4CCCO4)ccc3OC)CC2)cc1. The number of nitrogens with one attached hydrogen (secondary N) is 1. The molecule has 2 aliphatic heterocycles. The molecule has 2 aromatic carbocycles. The Morgan fingerprint density at radius 3 is 2.23 bits per heavy atom. The van der Waals surface area contributed by atoms with E-state index in [0.29, 0.717) is 36.9 Å². The molecular weight excluding hydrogens is 494 g/mol. The van der Waals surface area contributed by atoms with Gasteiger partial charge in [-0.25, -0.2) is 21.6 Å². The number of nitrogens with zero attached hydrogens (tertiary/aromatic N) is 2. The number of ether oxygens (including phenoxy) is 3. The first-order chi connectivity index (χ1) is 16.7. The van der Waals surface area contributed by atoms with Gasteiger partial charge in [0.1, 0.15) is 11.5 Å². The van der Waals surface area contributed by atoms with E-state index in [1.54, 1.807) is 24.3 Å². The smallest absolute Gasteiger partial charge is 0.243 e. The molecule has 0 spiro atoms. The van der Waals surface area contributed by atoms with Crippen LogP contribution in [0.5, 0.6) is 11.5 Å². The lowest BCUT2D eigenvalue weighted by molar-refractivity contribution is 0.114. The summed E-state index contributed by atoms with van der Waals surface area (Å²) >= 11 is 0. The van der Waals surface area contributed by atoms with Crippen LogP contribution in [0.4, 0.5) is 5.69 Å². The Hall–Kier alpha value is -2.38. The number of methoxy groups -OCH3 is 2. The average molecular weight is 526 g/mol. The van der Waals surface area contributed by atoms with Gasteiger partial charge in [0, 0.05) is 39.3 Å². The number of hydrogen-bond acceptors (Lipinski definition) is 8. The average Bonchev–Trinajstić information content (AvgIpc) is 3.41. The van der Waals surface area contributed by atoms with Crippen molar-refractivity contribution in [1.82, 2.24) is 9.03 Å². The summed E-state index contributed by atoms with van der Waals surface area (Å²) in [5.74, 6) is 1.11. The van der Waals surface area contributed by atoms with E-state index in [1.165, 1.54) is 36.7 Å². The van der Waals surface area contributed by atoms with E-state index in [2.05, 4.69) is 4.72 Å². The van der Waals surface area contributed by atoms with E-state index in [-0.39, 0.29) is 35.5 Å². The van der Waals surface area contributed by atoms with Gasteiger partial charge >= 0.3 is 0 Å². The topological polar surface area (TPSA) is 114 Å². The maximum Gasteiger partial charge on any atom is 0.243 e. The molecule has 2 aromatic rings. The lowest BCUT2D eigenvalue weighted by Crippen LogP contribution is -2.48. The highest BCUT2D eigenvalue weighted by atomic mass is 32.2. The van der Waals surface area contributed by atoms with Crippen LogP contribution < -0.4 is 19.1 Å². The van der Waals surface area contributed by atoms with Crippen molar-refractivity contribution in [3.8, 4) is 11.5 Å². The van der Waals surface area contributed by atoms with E-state index in [1.807, 2.05) is 4.90 Å². The number of rotatable bonds is 9. The molecule has 1 unspecified atom stereocenters. The van der Waals surface area contributed by atoms with Crippen molar-refractivity contribution in [3.63, 3.8) is 0 Å². The van der Waals surface area contributed by atoms with Crippen molar-refractivity contribution in [2.24, 2.45) is 0 Å². The minimum absolute atomic E-state index is 0.108. The number of benzene rings is 2. The van der Waals surface area contributed by atoms with Crippen molar-refractivity contribution in [2.75, 3.05) is 58.5 Å². The van der Waals surface area contributed by atoms with Gasteiger partial charge in [0.25, 0.3) is 0 Å². The molecule has 0 bridgehead atoms. The molecule has 35 heavy (non-hydrogen) atoms. The van der Waals surface area contributed by atoms with Crippen molar-refractivity contribution < 1.29 is 31.0 Å². The Labute approximate surface area is 206 Å². The highest BCUT2D eigenvalue weighted by Gasteiger charge is 2.30. The monoisotopic (exact) mass is 525 g/mol. The molecule has 2 aliphatic rings. The molecule has 2 saturated heterocycles. The molecule has 12 heteroatoms. The molecular formula is C23H31N3O7S2. The summed E-state index contributed by atoms with van der Waals surface area (Å²) in [7, 11) is -4.35. The van der Waals surface area contributed by atoms with Gasteiger partial charge in [0.05, 0.1) is 35.8 Å². The summed E-state index contributed by atoms with van der Waals surface area (Å²) < 4.78 is 72.0. The Kier molecular flexibility index (Phi) is 7.86. The molecule has 10 nitrogen and oxygen atoms in total. The summed E-state index contributed by atoms with van der Waals surface area (Å²) in [5, 5.41) is 0.